The van der Waals surface area contributed by atoms with Gasteiger partial charge in [-0.25, -0.2) is 0 Å². The Labute approximate surface area is 90.9 Å². The maximum absolute atomic E-state index is 8.42. The highest BCUT2D eigenvalue weighted by Gasteiger charge is 2.16. The van der Waals surface area contributed by atoms with E-state index in [0.717, 1.165) is 22.6 Å². The summed E-state index contributed by atoms with van der Waals surface area (Å²) in [6.45, 7) is 2.19. The molecule has 0 aromatic carbocycles. The molecule has 1 aliphatic rings. The Balaban J connectivity index is 1.98. The van der Waals surface area contributed by atoms with Gasteiger partial charge in [0, 0.05) is 13.1 Å². The van der Waals surface area contributed by atoms with Crippen LogP contribution < -0.4 is 4.90 Å². The molecule has 0 saturated carbocycles. The van der Waals surface area contributed by atoms with Gasteiger partial charge >= 0.3 is 0 Å². The fourth-order valence-corrected chi connectivity index (χ4v) is 2.94. The highest BCUT2D eigenvalue weighted by molar-refractivity contribution is 8.01. The summed E-state index contributed by atoms with van der Waals surface area (Å²) in [6, 6.07) is 2.08. The maximum Gasteiger partial charge on any atom is 0.209 e. The molecular weight excluding hydrogens is 216 g/mol. The predicted molar refractivity (Wildman–Crippen MR) is 57.7 cm³/mol. The zero-order valence-corrected chi connectivity index (χ0v) is 9.27. The first-order chi connectivity index (χ1) is 6.90. The van der Waals surface area contributed by atoms with Crippen molar-refractivity contribution in [2.75, 3.05) is 23.7 Å². The van der Waals surface area contributed by atoms with E-state index in [1.165, 1.54) is 24.6 Å². The lowest BCUT2D eigenvalue weighted by atomic mass is 10.4. The Morgan fingerprint density at radius 2 is 2.21 bits per heavy atom. The van der Waals surface area contributed by atoms with Gasteiger partial charge in [0.2, 0.25) is 5.13 Å². The van der Waals surface area contributed by atoms with Crippen LogP contribution in [0.5, 0.6) is 0 Å². The number of aromatic nitrogens is 2. The lowest BCUT2D eigenvalue weighted by Gasteiger charge is -2.10. The summed E-state index contributed by atoms with van der Waals surface area (Å²) >= 11 is 3.04. The van der Waals surface area contributed by atoms with Crippen molar-refractivity contribution in [2.45, 2.75) is 17.2 Å². The molecule has 2 rings (SSSR count). The van der Waals surface area contributed by atoms with E-state index < -0.39 is 0 Å². The Kier molecular flexibility index (Phi) is 3.22. The first-order valence-electron chi connectivity index (χ1n) is 4.48. The van der Waals surface area contributed by atoms with Crippen LogP contribution in [-0.2, 0) is 0 Å². The van der Waals surface area contributed by atoms with Crippen LogP contribution in [0.15, 0.2) is 4.34 Å². The molecular formula is C8H10N4S2. The van der Waals surface area contributed by atoms with Crippen molar-refractivity contribution >= 4 is 28.2 Å². The van der Waals surface area contributed by atoms with Gasteiger partial charge in [-0.3, -0.25) is 0 Å². The van der Waals surface area contributed by atoms with Gasteiger partial charge in [-0.2, -0.15) is 5.26 Å². The molecule has 1 aromatic heterocycles. The summed E-state index contributed by atoms with van der Waals surface area (Å²) in [4.78, 5) is 2.26. The van der Waals surface area contributed by atoms with Gasteiger partial charge in [0.15, 0.2) is 4.34 Å². The fourth-order valence-electron chi connectivity index (χ4n) is 1.39. The molecule has 1 aromatic rings. The molecule has 0 bridgehead atoms. The molecule has 14 heavy (non-hydrogen) atoms. The molecule has 0 spiro atoms. The Hall–Kier alpha value is -0.800. The van der Waals surface area contributed by atoms with E-state index in [1.807, 2.05) is 0 Å². The van der Waals surface area contributed by atoms with Crippen molar-refractivity contribution in [3.05, 3.63) is 0 Å². The first-order valence-corrected chi connectivity index (χ1v) is 6.28. The van der Waals surface area contributed by atoms with E-state index in [4.69, 9.17) is 5.26 Å². The second-order valence-corrected chi connectivity index (χ2v) is 5.17. The van der Waals surface area contributed by atoms with Gasteiger partial charge in [-0.15, -0.1) is 10.2 Å². The zero-order valence-electron chi connectivity index (χ0n) is 7.64. The molecule has 2 heterocycles. The number of thioether (sulfide) groups is 1. The third-order valence-corrected chi connectivity index (χ3v) is 4.02. The largest absolute Gasteiger partial charge is 0.347 e. The number of rotatable bonds is 3. The van der Waals surface area contributed by atoms with E-state index in [9.17, 15) is 0 Å². The molecule has 6 heteroatoms. The third kappa shape index (κ3) is 2.16. The summed E-state index contributed by atoms with van der Waals surface area (Å²) in [5.74, 6) is 0.453. The summed E-state index contributed by atoms with van der Waals surface area (Å²) in [5, 5.41) is 17.6. The summed E-state index contributed by atoms with van der Waals surface area (Å²) in [5.41, 5.74) is 0. The molecule has 0 radical (unpaired) electrons. The summed E-state index contributed by atoms with van der Waals surface area (Å²) < 4.78 is 0.897. The molecule has 1 fully saturated rings. The molecule has 0 N–H and O–H groups in total. The lowest BCUT2D eigenvalue weighted by molar-refractivity contribution is 0.913. The van der Waals surface area contributed by atoms with Crippen LogP contribution >= 0.6 is 23.1 Å². The zero-order chi connectivity index (χ0) is 9.80. The number of hydrogen-bond donors (Lipinski definition) is 0. The van der Waals surface area contributed by atoms with Gasteiger partial charge in [-0.05, 0) is 12.8 Å². The van der Waals surface area contributed by atoms with E-state index in [1.54, 1.807) is 11.3 Å². The standard InChI is InChI=1S/C8H10N4S2/c9-3-6-13-8-11-10-7(14-8)12-4-1-2-5-12/h1-2,4-6H2. The van der Waals surface area contributed by atoms with E-state index >= 15 is 0 Å². The van der Waals surface area contributed by atoms with Crippen molar-refractivity contribution in [1.82, 2.24) is 10.2 Å². The predicted octanol–water partition coefficient (Wildman–Crippen LogP) is 1.75. The van der Waals surface area contributed by atoms with Crippen LogP contribution in [0.3, 0.4) is 0 Å². The summed E-state index contributed by atoms with van der Waals surface area (Å²) in [7, 11) is 0. The van der Waals surface area contributed by atoms with Crippen molar-refractivity contribution in [1.29, 1.82) is 5.26 Å². The first kappa shape index (κ1) is 9.74. The molecule has 0 atom stereocenters. The van der Waals surface area contributed by atoms with Crippen LogP contribution in [0.1, 0.15) is 12.8 Å². The topological polar surface area (TPSA) is 52.8 Å². The molecule has 0 unspecified atom stereocenters. The van der Waals surface area contributed by atoms with Crippen LogP contribution in [0, 0.1) is 11.3 Å². The highest BCUT2D eigenvalue weighted by Crippen LogP contribution is 2.29. The molecule has 0 aliphatic carbocycles. The van der Waals surface area contributed by atoms with Crippen LogP contribution in [-0.4, -0.2) is 29.0 Å². The maximum atomic E-state index is 8.42. The molecule has 1 aliphatic heterocycles. The molecule has 1 saturated heterocycles. The molecule has 4 nitrogen and oxygen atoms in total. The normalized spacial score (nSPS) is 15.8. The fraction of sp³-hybridized carbons (Fsp3) is 0.625. The van der Waals surface area contributed by atoms with Crippen LogP contribution in [0.4, 0.5) is 5.13 Å². The van der Waals surface area contributed by atoms with Gasteiger partial charge in [-0.1, -0.05) is 23.1 Å². The Morgan fingerprint density at radius 1 is 1.43 bits per heavy atom. The van der Waals surface area contributed by atoms with Crippen LogP contribution in [0.25, 0.3) is 0 Å². The number of anilines is 1. The number of hydrogen-bond acceptors (Lipinski definition) is 6. The smallest absolute Gasteiger partial charge is 0.209 e. The van der Waals surface area contributed by atoms with Crippen molar-refractivity contribution in [3.8, 4) is 6.07 Å². The van der Waals surface area contributed by atoms with E-state index in [0.29, 0.717) is 5.75 Å². The van der Waals surface area contributed by atoms with Crippen LogP contribution in [0.2, 0.25) is 0 Å². The second-order valence-electron chi connectivity index (χ2n) is 2.99. The Morgan fingerprint density at radius 3 is 2.93 bits per heavy atom. The average Bonchev–Trinajstić information content (AvgIpc) is 2.85. The minimum atomic E-state index is 0.453. The van der Waals surface area contributed by atoms with Gasteiger partial charge in [0.05, 0.1) is 11.8 Å². The average molecular weight is 226 g/mol. The highest BCUT2D eigenvalue weighted by atomic mass is 32.2. The van der Waals surface area contributed by atoms with Gasteiger partial charge in [0.25, 0.3) is 0 Å². The number of nitriles is 1. The van der Waals surface area contributed by atoms with Crippen molar-refractivity contribution in [3.63, 3.8) is 0 Å². The Bertz CT molecular complexity index is 337. The lowest BCUT2D eigenvalue weighted by Crippen LogP contribution is -2.17. The van der Waals surface area contributed by atoms with E-state index in [-0.39, 0.29) is 0 Å². The van der Waals surface area contributed by atoms with Gasteiger partial charge in [0.1, 0.15) is 0 Å². The number of nitrogens with zero attached hydrogens (tertiary/aromatic N) is 4. The van der Waals surface area contributed by atoms with Crippen molar-refractivity contribution < 1.29 is 0 Å². The quantitative estimate of drug-likeness (QED) is 0.735. The third-order valence-electron chi connectivity index (χ3n) is 2.03. The van der Waals surface area contributed by atoms with E-state index in [2.05, 4.69) is 21.2 Å². The minimum absolute atomic E-state index is 0.453. The SMILES string of the molecule is N#CCSc1nnc(N2CCCC2)s1. The van der Waals surface area contributed by atoms with Gasteiger partial charge < -0.3 is 4.90 Å². The minimum Gasteiger partial charge on any atom is -0.347 e. The molecule has 74 valence electrons. The second kappa shape index (κ2) is 4.62. The van der Waals surface area contributed by atoms with Crippen molar-refractivity contribution in [2.24, 2.45) is 0 Å². The monoisotopic (exact) mass is 226 g/mol. The summed E-state index contributed by atoms with van der Waals surface area (Å²) in [6.07, 6.45) is 2.50. The molecule has 0 amide bonds.